The number of allylic oxidation sites excluding steroid dienone is 1. The second kappa shape index (κ2) is 3.90. The highest BCUT2D eigenvalue weighted by Gasteiger charge is 1.87. The smallest absolute Gasteiger partial charge is 0.107 e. The fourth-order valence-electron chi connectivity index (χ4n) is 0.724. The first kappa shape index (κ1) is 7.09. The average molecular weight is 137 g/mol. The van der Waals surface area contributed by atoms with Crippen LogP contribution in [0.3, 0.4) is 0 Å². The Hall–Kier alpha value is -1.02. The van der Waals surface area contributed by atoms with E-state index in [2.05, 4.69) is 0 Å². The largest absolute Gasteiger partial charge is 0.469 e. The molecular formula is C8H11NO. The zero-order valence-corrected chi connectivity index (χ0v) is 5.79. The van der Waals surface area contributed by atoms with Gasteiger partial charge >= 0.3 is 0 Å². The van der Waals surface area contributed by atoms with Crippen LogP contribution in [0.15, 0.2) is 35.0 Å². The molecule has 1 heterocycles. The van der Waals surface area contributed by atoms with Crippen molar-refractivity contribution in [3.05, 3.63) is 36.3 Å². The third-order valence-electron chi connectivity index (χ3n) is 1.20. The lowest BCUT2D eigenvalue weighted by Crippen LogP contribution is -1.92. The van der Waals surface area contributed by atoms with Crippen LogP contribution in [-0.4, -0.2) is 6.54 Å². The van der Waals surface area contributed by atoms with Gasteiger partial charge in [0.1, 0.15) is 5.76 Å². The molecule has 0 aliphatic rings. The van der Waals surface area contributed by atoms with Crippen molar-refractivity contribution < 1.29 is 4.42 Å². The lowest BCUT2D eigenvalue weighted by molar-refractivity contribution is 0.523. The molecule has 0 atom stereocenters. The molecule has 0 bridgehead atoms. The van der Waals surface area contributed by atoms with E-state index in [0.717, 1.165) is 12.2 Å². The van der Waals surface area contributed by atoms with Gasteiger partial charge in [0, 0.05) is 13.0 Å². The van der Waals surface area contributed by atoms with Crippen molar-refractivity contribution in [2.24, 2.45) is 5.73 Å². The van der Waals surface area contributed by atoms with Gasteiger partial charge in [0.2, 0.25) is 0 Å². The van der Waals surface area contributed by atoms with Gasteiger partial charge in [-0.3, -0.25) is 0 Å². The summed E-state index contributed by atoms with van der Waals surface area (Å²) in [4.78, 5) is 0. The van der Waals surface area contributed by atoms with E-state index in [1.807, 2.05) is 24.3 Å². The van der Waals surface area contributed by atoms with Gasteiger partial charge in [-0.2, -0.15) is 0 Å². The van der Waals surface area contributed by atoms with Gasteiger partial charge in [-0.25, -0.2) is 0 Å². The summed E-state index contributed by atoms with van der Waals surface area (Å²) in [6.07, 6.45) is 6.43. The Morgan fingerprint density at radius 2 is 2.40 bits per heavy atom. The van der Waals surface area contributed by atoms with Gasteiger partial charge in [0.25, 0.3) is 0 Å². The topological polar surface area (TPSA) is 39.2 Å². The number of hydrogen-bond acceptors (Lipinski definition) is 2. The molecule has 0 unspecified atom stereocenters. The highest BCUT2D eigenvalue weighted by molar-refractivity contribution is 5.03. The molecule has 0 saturated carbocycles. The summed E-state index contributed by atoms with van der Waals surface area (Å²) in [6, 6.07) is 3.83. The van der Waals surface area contributed by atoms with E-state index in [9.17, 15) is 0 Å². The van der Waals surface area contributed by atoms with Crippen LogP contribution in [-0.2, 0) is 6.42 Å². The van der Waals surface area contributed by atoms with E-state index in [-0.39, 0.29) is 0 Å². The van der Waals surface area contributed by atoms with E-state index >= 15 is 0 Å². The van der Waals surface area contributed by atoms with Crippen molar-refractivity contribution in [3.63, 3.8) is 0 Å². The van der Waals surface area contributed by atoms with E-state index in [4.69, 9.17) is 10.2 Å². The van der Waals surface area contributed by atoms with Crippen LogP contribution in [0.5, 0.6) is 0 Å². The van der Waals surface area contributed by atoms with Crippen molar-refractivity contribution in [2.75, 3.05) is 6.54 Å². The molecule has 0 aliphatic carbocycles. The van der Waals surface area contributed by atoms with E-state index in [1.165, 1.54) is 0 Å². The van der Waals surface area contributed by atoms with Crippen LogP contribution in [0.2, 0.25) is 0 Å². The first-order valence-corrected chi connectivity index (χ1v) is 3.31. The molecule has 2 nitrogen and oxygen atoms in total. The number of hydrogen-bond donors (Lipinski definition) is 1. The van der Waals surface area contributed by atoms with Gasteiger partial charge in [-0.15, -0.1) is 0 Å². The number of rotatable bonds is 3. The molecule has 2 heteroatoms. The lowest BCUT2D eigenvalue weighted by Gasteiger charge is -1.85. The van der Waals surface area contributed by atoms with Crippen LogP contribution in [0.4, 0.5) is 0 Å². The summed E-state index contributed by atoms with van der Waals surface area (Å²) in [5.74, 6) is 0.977. The minimum atomic E-state index is 0.598. The average Bonchev–Trinajstić information content (AvgIpc) is 2.41. The second-order valence-electron chi connectivity index (χ2n) is 1.99. The first-order valence-electron chi connectivity index (χ1n) is 3.31. The normalized spacial score (nSPS) is 10.9. The Balaban J connectivity index is 2.34. The van der Waals surface area contributed by atoms with Crippen LogP contribution in [0.25, 0.3) is 0 Å². The van der Waals surface area contributed by atoms with Crippen molar-refractivity contribution in [1.82, 2.24) is 0 Å². The highest BCUT2D eigenvalue weighted by Crippen LogP contribution is 2.00. The molecule has 0 radical (unpaired) electrons. The lowest BCUT2D eigenvalue weighted by atomic mass is 10.3. The summed E-state index contributed by atoms with van der Waals surface area (Å²) in [6.45, 7) is 0.598. The van der Waals surface area contributed by atoms with E-state index in [0.29, 0.717) is 6.54 Å². The minimum Gasteiger partial charge on any atom is -0.469 e. The maximum absolute atomic E-state index is 5.25. The van der Waals surface area contributed by atoms with Gasteiger partial charge in [0.15, 0.2) is 0 Å². The Morgan fingerprint density at radius 3 is 3.00 bits per heavy atom. The van der Waals surface area contributed by atoms with Crippen LogP contribution in [0.1, 0.15) is 5.76 Å². The predicted molar refractivity (Wildman–Crippen MR) is 40.6 cm³/mol. The summed E-state index contributed by atoms with van der Waals surface area (Å²) in [7, 11) is 0. The van der Waals surface area contributed by atoms with Crippen molar-refractivity contribution in [1.29, 1.82) is 0 Å². The molecule has 1 rings (SSSR count). The molecule has 2 N–H and O–H groups in total. The molecule has 54 valence electrons. The van der Waals surface area contributed by atoms with Crippen LogP contribution < -0.4 is 5.73 Å². The summed E-state index contributed by atoms with van der Waals surface area (Å²) < 4.78 is 5.09. The quantitative estimate of drug-likeness (QED) is 0.638. The molecule has 1 aromatic rings. The van der Waals surface area contributed by atoms with Crippen LogP contribution in [0, 0.1) is 0 Å². The Kier molecular flexibility index (Phi) is 2.77. The molecule has 0 aromatic carbocycles. The molecule has 0 amide bonds. The van der Waals surface area contributed by atoms with E-state index < -0.39 is 0 Å². The third kappa shape index (κ3) is 2.07. The van der Waals surface area contributed by atoms with Gasteiger partial charge in [-0.05, 0) is 12.1 Å². The monoisotopic (exact) mass is 137 g/mol. The Morgan fingerprint density at radius 1 is 1.50 bits per heavy atom. The molecule has 0 fully saturated rings. The molecule has 0 saturated heterocycles. The zero-order chi connectivity index (χ0) is 7.23. The summed E-state index contributed by atoms with van der Waals surface area (Å²) in [5.41, 5.74) is 5.25. The Labute approximate surface area is 60.3 Å². The maximum Gasteiger partial charge on any atom is 0.107 e. The predicted octanol–water partition coefficient (Wildman–Crippen LogP) is 1.34. The summed E-state index contributed by atoms with van der Waals surface area (Å²) >= 11 is 0. The fraction of sp³-hybridized carbons (Fsp3) is 0.250. The SMILES string of the molecule is NCC=CCc1ccco1. The summed E-state index contributed by atoms with van der Waals surface area (Å²) in [5, 5.41) is 0. The molecule has 0 spiro atoms. The number of furan rings is 1. The standard InChI is InChI=1S/C8H11NO/c9-6-2-1-4-8-5-3-7-10-8/h1-3,5,7H,4,6,9H2. The Bertz CT molecular complexity index is 189. The van der Waals surface area contributed by atoms with Crippen molar-refractivity contribution in [3.8, 4) is 0 Å². The van der Waals surface area contributed by atoms with E-state index in [1.54, 1.807) is 6.26 Å². The molecule has 1 aromatic heterocycles. The van der Waals surface area contributed by atoms with Crippen molar-refractivity contribution in [2.45, 2.75) is 6.42 Å². The third-order valence-corrected chi connectivity index (χ3v) is 1.20. The van der Waals surface area contributed by atoms with Gasteiger partial charge in [0.05, 0.1) is 6.26 Å². The molecule has 0 aliphatic heterocycles. The minimum absolute atomic E-state index is 0.598. The van der Waals surface area contributed by atoms with Gasteiger partial charge in [-0.1, -0.05) is 12.2 Å². The zero-order valence-electron chi connectivity index (χ0n) is 5.79. The first-order chi connectivity index (χ1) is 4.93. The van der Waals surface area contributed by atoms with Crippen LogP contribution >= 0.6 is 0 Å². The van der Waals surface area contributed by atoms with Crippen molar-refractivity contribution >= 4 is 0 Å². The fourth-order valence-corrected chi connectivity index (χ4v) is 0.724. The second-order valence-corrected chi connectivity index (χ2v) is 1.99. The highest BCUT2D eigenvalue weighted by atomic mass is 16.3. The molecule has 10 heavy (non-hydrogen) atoms. The number of nitrogens with two attached hydrogens (primary N) is 1. The molecular weight excluding hydrogens is 126 g/mol. The maximum atomic E-state index is 5.25. The van der Waals surface area contributed by atoms with Gasteiger partial charge < -0.3 is 10.2 Å².